The minimum Gasteiger partial charge on any atom is -0.481 e. The zero-order valence-electron chi connectivity index (χ0n) is 19.5. The van der Waals surface area contributed by atoms with Gasteiger partial charge in [0, 0.05) is 22.9 Å². The number of carbonyl (C=O) groups excluding carboxylic acids is 3. The third-order valence-corrected chi connectivity index (χ3v) is 7.08. The normalized spacial score (nSPS) is 22.2. The van der Waals surface area contributed by atoms with Crippen molar-refractivity contribution in [3.63, 3.8) is 0 Å². The quantitative estimate of drug-likeness (QED) is 0.504. The third kappa shape index (κ3) is 3.29. The van der Waals surface area contributed by atoms with E-state index in [2.05, 4.69) is 5.32 Å². The molecule has 0 bridgehead atoms. The van der Waals surface area contributed by atoms with Crippen LogP contribution in [0.1, 0.15) is 37.9 Å². The smallest absolute Gasteiger partial charge is 0.311 e. The number of hydrogen-bond acceptors (Lipinski definition) is 8. The molecule has 0 radical (unpaired) electrons. The number of nitrogens with zero attached hydrogens (tertiary/aromatic N) is 1. The average molecular weight is 510 g/mol. The highest BCUT2D eigenvalue weighted by Crippen LogP contribution is 2.54. The van der Waals surface area contributed by atoms with Crippen LogP contribution in [0, 0.1) is 23.2 Å². The Morgan fingerprint density at radius 3 is 2.34 bits per heavy atom. The van der Waals surface area contributed by atoms with Crippen molar-refractivity contribution in [3.05, 3.63) is 89.0 Å². The zero-order valence-corrected chi connectivity index (χ0v) is 19.5. The summed E-state index contributed by atoms with van der Waals surface area (Å²) in [4.78, 5) is 53.9. The SMILES string of the molecule is N#Cc1cccc(C2OC3(C(=O)c4ccccc4C3=O)C(C(=O)O)C2C(=O)Nc2ccc3c(c2)OCO3)c1. The molecular formula is C28H18N2O8. The fraction of sp³-hybridized carbons (Fsp3) is 0.179. The van der Waals surface area contributed by atoms with Crippen LogP contribution < -0.4 is 14.8 Å². The number of amides is 1. The Kier molecular flexibility index (Phi) is 5.26. The monoisotopic (exact) mass is 510 g/mol. The van der Waals surface area contributed by atoms with Crippen LogP contribution >= 0.6 is 0 Å². The standard InChI is InChI=1S/C28H18N2O8/c29-12-14-4-3-5-15(10-14)23-21(26(33)30-16-8-9-19-20(11-16)37-13-36-19)22(27(34)35)28(38-23)24(31)17-6-1-2-7-18(17)25(28)32/h1-11,21-23H,13H2,(H,30,33)(H,34,35). The lowest BCUT2D eigenvalue weighted by Gasteiger charge is -2.25. The van der Waals surface area contributed by atoms with Gasteiger partial charge < -0.3 is 24.6 Å². The van der Waals surface area contributed by atoms with E-state index in [0.717, 1.165) is 0 Å². The zero-order chi connectivity index (χ0) is 26.6. The molecule has 0 saturated carbocycles. The minimum absolute atomic E-state index is 0.0227. The summed E-state index contributed by atoms with van der Waals surface area (Å²) >= 11 is 0. The molecule has 1 aliphatic carbocycles. The number of aliphatic carboxylic acids is 1. The van der Waals surface area contributed by atoms with Gasteiger partial charge in [0.1, 0.15) is 5.92 Å². The predicted molar refractivity (Wildman–Crippen MR) is 129 cm³/mol. The van der Waals surface area contributed by atoms with E-state index in [1.165, 1.54) is 30.3 Å². The van der Waals surface area contributed by atoms with Crippen molar-refractivity contribution < 1.29 is 38.5 Å². The van der Waals surface area contributed by atoms with E-state index in [1.54, 1.807) is 36.4 Å². The Morgan fingerprint density at radius 1 is 0.947 bits per heavy atom. The Hall–Kier alpha value is -5.01. The van der Waals surface area contributed by atoms with Gasteiger partial charge in [-0.2, -0.15) is 5.26 Å². The second kappa shape index (κ2) is 8.54. The molecule has 1 amide bonds. The van der Waals surface area contributed by atoms with E-state index >= 15 is 0 Å². The van der Waals surface area contributed by atoms with Crippen LogP contribution in [-0.4, -0.2) is 40.9 Å². The van der Waals surface area contributed by atoms with Gasteiger partial charge in [0.15, 0.2) is 11.5 Å². The molecule has 3 aliphatic rings. The van der Waals surface area contributed by atoms with Crippen LogP contribution in [0.2, 0.25) is 0 Å². The second-order valence-electron chi connectivity index (χ2n) is 9.11. The summed E-state index contributed by atoms with van der Waals surface area (Å²) in [6, 6.07) is 18.7. The average Bonchev–Trinajstić information content (AvgIpc) is 3.60. The molecule has 3 atom stereocenters. The van der Waals surface area contributed by atoms with Gasteiger partial charge in [-0.15, -0.1) is 0 Å². The number of ether oxygens (including phenoxy) is 3. The molecule has 3 unspecified atom stereocenters. The molecule has 1 fully saturated rings. The number of carboxylic acid groups (broad SMARTS) is 1. The lowest BCUT2D eigenvalue weighted by molar-refractivity contribution is -0.147. The number of fused-ring (bicyclic) bond motifs is 2. The molecule has 1 saturated heterocycles. The molecule has 1 spiro atoms. The Bertz CT molecular complexity index is 1550. The maximum atomic E-state index is 13.8. The minimum atomic E-state index is -2.44. The molecule has 10 nitrogen and oxygen atoms in total. The first kappa shape index (κ1) is 23.4. The van der Waals surface area contributed by atoms with Gasteiger partial charge in [0.05, 0.1) is 23.7 Å². The Morgan fingerprint density at radius 2 is 1.66 bits per heavy atom. The molecule has 0 aromatic heterocycles. The van der Waals surface area contributed by atoms with Crippen molar-refractivity contribution >= 4 is 29.1 Å². The lowest BCUT2D eigenvalue weighted by atomic mass is 9.75. The molecule has 188 valence electrons. The second-order valence-corrected chi connectivity index (χ2v) is 9.11. The van der Waals surface area contributed by atoms with Crippen molar-refractivity contribution in [1.82, 2.24) is 0 Å². The van der Waals surface area contributed by atoms with Crippen LogP contribution in [0.4, 0.5) is 5.69 Å². The number of nitriles is 1. The summed E-state index contributed by atoms with van der Waals surface area (Å²) in [5.41, 5.74) is -1.56. The molecule has 2 heterocycles. The van der Waals surface area contributed by atoms with Gasteiger partial charge in [0.25, 0.3) is 0 Å². The Labute approximate surface area is 215 Å². The summed E-state index contributed by atoms with van der Waals surface area (Å²) in [6.07, 6.45) is -1.32. The van der Waals surface area contributed by atoms with E-state index in [9.17, 15) is 29.5 Å². The number of Topliss-reactive ketones (excluding diaryl/α,β-unsaturated/α-hetero) is 2. The van der Waals surface area contributed by atoms with E-state index in [0.29, 0.717) is 17.2 Å². The number of anilines is 1. The molecular weight excluding hydrogens is 492 g/mol. The number of rotatable bonds is 4. The molecule has 3 aromatic rings. The first-order valence-electron chi connectivity index (χ1n) is 11.6. The first-order chi connectivity index (χ1) is 18.3. The van der Waals surface area contributed by atoms with E-state index in [1.807, 2.05) is 6.07 Å². The van der Waals surface area contributed by atoms with Crippen molar-refractivity contribution in [1.29, 1.82) is 5.26 Å². The van der Waals surface area contributed by atoms with Gasteiger partial charge in [-0.1, -0.05) is 36.4 Å². The van der Waals surface area contributed by atoms with Gasteiger partial charge >= 0.3 is 5.97 Å². The van der Waals surface area contributed by atoms with Crippen molar-refractivity contribution in [2.24, 2.45) is 11.8 Å². The summed E-state index contributed by atoms with van der Waals surface area (Å²) in [6.45, 7) is 0.0227. The van der Waals surface area contributed by atoms with Crippen molar-refractivity contribution in [3.8, 4) is 17.6 Å². The van der Waals surface area contributed by atoms with Crippen LogP contribution in [0.15, 0.2) is 66.7 Å². The van der Waals surface area contributed by atoms with Crippen LogP contribution in [0.25, 0.3) is 0 Å². The predicted octanol–water partition coefficient (Wildman–Crippen LogP) is 3.13. The molecule has 2 N–H and O–H groups in total. The van der Waals surface area contributed by atoms with Gasteiger partial charge in [-0.3, -0.25) is 19.2 Å². The number of benzene rings is 3. The largest absolute Gasteiger partial charge is 0.481 e. The number of hydrogen-bond donors (Lipinski definition) is 2. The van der Waals surface area contributed by atoms with E-state index in [-0.39, 0.29) is 29.0 Å². The fourth-order valence-electron chi connectivity index (χ4n) is 5.42. The van der Waals surface area contributed by atoms with Gasteiger partial charge in [0.2, 0.25) is 29.9 Å². The molecule has 3 aromatic carbocycles. The third-order valence-electron chi connectivity index (χ3n) is 7.08. The maximum absolute atomic E-state index is 13.8. The molecule has 38 heavy (non-hydrogen) atoms. The number of ketones is 2. The Balaban J connectivity index is 1.47. The first-order valence-corrected chi connectivity index (χ1v) is 11.6. The molecule has 2 aliphatic heterocycles. The van der Waals surface area contributed by atoms with Crippen molar-refractivity contribution in [2.45, 2.75) is 11.7 Å². The van der Waals surface area contributed by atoms with Crippen LogP contribution in [-0.2, 0) is 14.3 Å². The summed E-state index contributed by atoms with van der Waals surface area (Å²) in [5.74, 6) is -6.42. The fourth-order valence-corrected chi connectivity index (χ4v) is 5.42. The van der Waals surface area contributed by atoms with E-state index in [4.69, 9.17) is 14.2 Å². The van der Waals surface area contributed by atoms with E-state index < -0.39 is 47.0 Å². The number of carboxylic acids is 1. The number of carbonyl (C=O) groups is 4. The highest BCUT2D eigenvalue weighted by molar-refractivity contribution is 6.34. The topological polar surface area (TPSA) is 152 Å². The van der Waals surface area contributed by atoms with Gasteiger partial charge in [-0.25, -0.2) is 0 Å². The molecule has 10 heteroatoms. The van der Waals surface area contributed by atoms with Crippen LogP contribution in [0.3, 0.4) is 0 Å². The summed E-state index contributed by atoms with van der Waals surface area (Å²) in [7, 11) is 0. The van der Waals surface area contributed by atoms with Crippen molar-refractivity contribution in [2.75, 3.05) is 12.1 Å². The highest BCUT2D eigenvalue weighted by Gasteiger charge is 2.71. The van der Waals surface area contributed by atoms with Crippen LogP contribution in [0.5, 0.6) is 11.5 Å². The molecule has 6 rings (SSSR count). The maximum Gasteiger partial charge on any atom is 0.311 e. The van der Waals surface area contributed by atoms with Gasteiger partial charge in [-0.05, 0) is 29.8 Å². The summed E-state index contributed by atoms with van der Waals surface area (Å²) < 4.78 is 16.8. The summed E-state index contributed by atoms with van der Waals surface area (Å²) in [5, 5.41) is 22.5. The number of nitrogens with one attached hydrogen (secondary N) is 1. The highest BCUT2D eigenvalue weighted by atomic mass is 16.7. The lowest BCUT2D eigenvalue weighted by Crippen LogP contribution is -2.52.